The fourth-order valence-electron chi connectivity index (χ4n) is 1.35. The van der Waals surface area contributed by atoms with Crippen LogP contribution in [0.2, 0.25) is 0 Å². The number of ether oxygens (including phenoxy) is 1. The first-order chi connectivity index (χ1) is 8.04. The maximum absolute atomic E-state index is 11.2. The number of hydrogen-bond donors (Lipinski definition) is 1. The molecule has 0 saturated heterocycles. The summed E-state index contributed by atoms with van der Waals surface area (Å²) < 4.78 is 5.49. The molecular weight excluding hydrogens is 214 g/mol. The van der Waals surface area contributed by atoms with Crippen molar-refractivity contribution in [3.8, 4) is 0 Å². The molecule has 0 aromatic carbocycles. The Balaban J connectivity index is 3.14. The van der Waals surface area contributed by atoms with E-state index in [0.717, 1.165) is 39.0 Å². The Morgan fingerprint density at radius 2 is 1.88 bits per heavy atom. The minimum absolute atomic E-state index is 0.0368. The SMILES string of the molecule is C=C(C)C(=O)NCCCCCCOCC(C)C. The number of carbonyl (C=O) groups excluding carboxylic acids is 1. The lowest BCUT2D eigenvalue weighted by atomic mass is 10.2. The van der Waals surface area contributed by atoms with Gasteiger partial charge in [0, 0.05) is 25.3 Å². The molecule has 0 aromatic heterocycles. The van der Waals surface area contributed by atoms with Crippen molar-refractivity contribution in [2.45, 2.75) is 46.5 Å². The van der Waals surface area contributed by atoms with Crippen LogP contribution in [0.1, 0.15) is 46.5 Å². The molecular formula is C14H27NO2. The fraction of sp³-hybridized carbons (Fsp3) is 0.786. The van der Waals surface area contributed by atoms with E-state index in [0.29, 0.717) is 11.5 Å². The molecule has 100 valence electrons. The van der Waals surface area contributed by atoms with Gasteiger partial charge >= 0.3 is 0 Å². The van der Waals surface area contributed by atoms with Crippen molar-refractivity contribution in [3.63, 3.8) is 0 Å². The lowest BCUT2D eigenvalue weighted by Gasteiger charge is -2.07. The third kappa shape index (κ3) is 11.4. The number of rotatable bonds is 10. The van der Waals surface area contributed by atoms with Crippen LogP contribution in [0.25, 0.3) is 0 Å². The van der Waals surface area contributed by atoms with Crippen molar-refractivity contribution in [3.05, 3.63) is 12.2 Å². The van der Waals surface area contributed by atoms with E-state index in [1.54, 1.807) is 6.92 Å². The molecule has 3 heteroatoms. The standard InChI is InChI=1S/C14H27NO2/c1-12(2)11-17-10-8-6-5-7-9-15-14(16)13(3)4/h12H,3,5-11H2,1-2,4H3,(H,15,16). The van der Waals surface area contributed by atoms with E-state index >= 15 is 0 Å². The first-order valence-corrected chi connectivity index (χ1v) is 6.55. The molecule has 1 N–H and O–H groups in total. The lowest BCUT2D eigenvalue weighted by Crippen LogP contribution is -2.24. The molecule has 0 radical (unpaired) electrons. The second-order valence-corrected chi connectivity index (χ2v) is 4.92. The molecule has 0 aliphatic carbocycles. The van der Waals surface area contributed by atoms with Crippen LogP contribution in [0.15, 0.2) is 12.2 Å². The maximum Gasteiger partial charge on any atom is 0.246 e. The summed E-state index contributed by atoms with van der Waals surface area (Å²) in [6.45, 7) is 12.1. The summed E-state index contributed by atoms with van der Waals surface area (Å²) in [5, 5.41) is 2.83. The Morgan fingerprint density at radius 1 is 1.24 bits per heavy atom. The van der Waals surface area contributed by atoms with Crippen molar-refractivity contribution in [2.24, 2.45) is 5.92 Å². The molecule has 0 heterocycles. The average Bonchev–Trinajstić information content (AvgIpc) is 2.25. The van der Waals surface area contributed by atoms with Gasteiger partial charge in [-0.2, -0.15) is 0 Å². The molecule has 0 aliphatic rings. The number of hydrogen-bond acceptors (Lipinski definition) is 2. The zero-order valence-corrected chi connectivity index (χ0v) is 11.6. The summed E-state index contributed by atoms with van der Waals surface area (Å²) >= 11 is 0. The average molecular weight is 241 g/mol. The third-order valence-corrected chi connectivity index (χ3v) is 2.34. The first kappa shape index (κ1) is 16.2. The Bertz CT molecular complexity index is 224. The van der Waals surface area contributed by atoms with Gasteiger partial charge < -0.3 is 10.1 Å². The quantitative estimate of drug-likeness (QED) is 0.472. The summed E-state index contributed by atoms with van der Waals surface area (Å²) in [5.74, 6) is 0.581. The maximum atomic E-state index is 11.2. The molecule has 0 fully saturated rings. The van der Waals surface area contributed by atoms with Crippen LogP contribution in [0, 0.1) is 5.92 Å². The highest BCUT2D eigenvalue weighted by Crippen LogP contribution is 2.01. The molecule has 0 bridgehead atoms. The van der Waals surface area contributed by atoms with Crippen molar-refractivity contribution >= 4 is 5.91 Å². The minimum atomic E-state index is -0.0368. The van der Waals surface area contributed by atoms with E-state index in [2.05, 4.69) is 25.7 Å². The predicted octanol–water partition coefficient (Wildman–Crippen LogP) is 2.91. The summed E-state index contributed by atoms with van der Waals surface area (Å²) in [4.78, 5) is 11.2. The molecule has 0 aromatic rings. The van der Waals surface area contributed by atoms with E-state index < -0.39 is 0 Å². The van der Waals surface area contributed by atoms with E-state index in [9.17, 15) is 4.79 Å². The zero-order valence-electron chi connectivity index (χ0n) is 11.6. The Morgan fingerprint density at radius 3 is 2.47 bits per heavy atom. The largest absolute Gasteiger partial charge is 0.381 e. The van der Waals surface area contributed by atoms with Crippen molar-refractivity contribution in [1.29, 1.82) is 0 Å². The van der Waals surface area contributed by atoms with Gasteiger partial charge in [0.1, 0.15) is 0 Å². The second-order valence-electron chi connectivity index (χ2n) is 4.92. The van der Waals surface area contributed by atoms with E-state index in [1.165, 1.54) is 6.42 Å². The highest BCUT2D eigenvalue weighted by Gasteiger charge is 1.99. The van der Waals surface area contributed by atoms with Crippen molar-refractivity contribution in [1.82, 2.24) is 5.32 Å². The van der Waals surface area contributed by atoms with Gasteiger partial charge in [0.05, 0.1) is 0 Å². The van der Waals surface area contributed by atoms with Gasteiger partial charge in [-0.3, -0.25) is 4.79 Å². The van der Waals surface area contributed by atoms with Crippen molar-refractivity contribution in [2.75, 3.05) is 19.8 Å². The Hall–Kier alpha value is -0.830. The van der Waals surface area contributed by atoms with Crippen molar-refractivity contribution < 1.29 is 9.53 Å². The van der Waals surface area contributed by atoms with Crippen LogP contribution in [-0.2, 0) is 9.53 Å². The van der Waals surface area contributed by atoms with Gasteiger partial charge in [-0.25, -0.2) is 0 Å². The first-order valence-electron chi connectivity index (χ1n) is 6.55. The van der Waals surface area contributed by atoms with E-state index in [4.69, 9.17) is 4.74 Å². The molecule has 0 aliphatic heterocycles. The van der Waals surface area contributed by atoms with E-state index in [-0.39, 0.29) is 5.91 Å². The third-order valence-electron chi connectivity index (χ3n) is 2.34. The fourth-order valence-corrected chi connectivity index (χ4v) is 1.35. The summed E-state index contributed by atoms with van der Waals surface area (Å²) in [6.07, 6.45) is 4.45. The second kappa shape index (κ2) is 10.3. The summed E-state index contributed by atoms with van der Waals surface area (Å²) in [6, 6.07) is 0. The monoisotopic (exact) mass is 241 g/mol. The summed E-state index contributed by atoms with van der Waals surface area (Å²) in [7, 11) is 0. The topological polar surface area (TPSA) is 38.3 Å². The van der Waals surface area contributed by atoms with Gasteiger partial charge in [-0.05, 0) is 25.7 Å². The molecule has 1 amide bonds. The van der Waals surface area contributed by atoms with Crippen LogP contribution in [0.3, 0.4) is 0 Å². The van der Waals surface area contributed by atoms with Gasteiger partial charge in [0.25, 0.3) is 0 Å². The highest BCUT2D eigenvalue weighted by atomic mass is 16.5. The van der Waals surface area contributed by atoms with Gasteiger partial charge in [0.2, 0.25) is 5.91 Å². The van der Waals surface area contributed by atoms with E-state index in [1.807, 2.05) is 0 Å². The summed E-state index contributed by atoms with van der Waals surface area (Å²) in [5.41, 5.74) is 0.576. The van der Waals surface area contributed by atoms with Crippen LogP contribution >= 0.6 is 0 Å². The smallest absolute Gasteiger partial charge is 0.246 e. The molecule has 0 atom stereocenters. The molecule has 0 saturated carbocycles. The van der Waals surface area contributed by atoms with Gasteiger partial charge in [0.15, 0.2) is 0 Å². The minimum Gasteiger partial charge on any atom is -0.381 e. The highest BCUT2D eigenvalue weighted by molar-refractivity contribution is 5.91. The van der Waals surface area contributed by atoms with Crippen LogP contribution in [-0.4, -0.2) is 25.7 Å². The van der Waals surface area contributed by atoms with Gasteiger partial charge in [-0.1, -0.05) is 33.3 Å². The van der Waals surface area contributed by atoms with Crippen LogP contribution < -0.4 is 5.32 Å². The number of carbonyl (C=O) groups is 1. The molecule has 3 nitrogen and oxygen atoms in total. The van der Waals surface area contributed by atoms with Crippen LogP contribution in [0.4, 0.5) is 0 Å². The molecule has 0 unspecified atom stereocenters. The molecule has 17 heavy (non-hydrogen) atoms. The lowest BCUT2D eigenvalue weighted by molar-refractivity contribution is -0.117. The van der Waals surface area contributed by atoms with Gasteiger partial charge in [-0.15, -0.1) is 0 Å². The zero-order chi connectivity index (χ0) is 13.1. The number of unbranched alkanes of at least 4 members (excludes halogenated alkanes) is 3. The Kier molecular flexibility index (Phi) is 9.83. The molecule has 0 rings (SSSR count). The van der Waals surface area contributed by atoms with Crippen LogP contribution in [0.5, 0.6) is 0 Å². The Labute approximate surface area is 106 Å². The number of nitrogens with one attached hydrogen (secondary N) is 1. The normalized spacial score (nSPS) is 10.6. The predicted molar refractivity (Wildman–Crippen MR) is 71.9 cm³/mol. The molecule has 0 spiro atoms. The number of amides is 1.